The Morgan fingerprint density at radius 3 is 2.14 bits per heavy atom. The molecule has 3 aromatic rings. The van der Waals surface area contributed by atoms with Gasteiger partial charge in [-0.1, -0.05) is 84.7 Å². The molecule has 7 heteroatoms. The molecule has 3 rings (SSSR count). The molecule has 0 aliphatic heterocycles. The standard InChI is InChI=1S/C29H32Cl2N2O2S/c1-3-21(2)32-29(35)27(19-22-11-6-4-7-12-22)33(20-24-25(30)15-10-16-26(24)31)28(34)17-18-36-23-13-8-5-9-14-23/h4-16,21,27H,3,17-20H2,1-2H3,(H,32,35). The van der Waals surface area contributed by atoms with Crippen LogP contribution in [-0.4, -0.2) is 34.6 Å². The van der Waals surface area contributed by atoms with E-state index in [4.69, 9.17) is 23.2 Å². The lowest BCUT2D eigenvalue weighted by atomic mass is 10.0. The van der Waals surface area contributed by atoms with Crippen molar-refractivity contribution in [1.29, 1.82) is 0 Å². The number of nitrogens with one attached hydrogen (secondary N) is 1. The van der Waals surface area contributed by atoms with Gasteiger partial charge in [-0.25, -0.2) is 0 Å². The highest BCUT2D eigenvalue weighted by Crippen LogP contribution is 2.28. The van der Waals surface area contributed by atoms with E-state index < -0.39 is 6.04 Å². The second-order valence-electron chi connectivity index (χ2n) is 8.66. The zero-order valence-corrected chi connectivity index (χ0v) is 23.0. The van der Waals surface area contributed by atoms with Crippen LogP contribution in [0.5, 0.6) is 0 Å². The van der Waals surface area contributed by atoms with Crippen LogP contribution in [0.15, 0.2) is 83.8 Å². The van der Waals surface area contributed by atoms with Gasteiger partial charge in [0.1, 0.15) is 6.04 Å². The van der Waals surface area contributed by atoms with Gasteiger partial charge >= 0.3 is 0 Å². The molecule has 0 saturated carbocycles. The number of nitrogens with zero attached hydrogens (tertiary/aromatic N) is 1. The predicted molar refractivity (Wildman–Crippen MR) is 151 cm³/mol. The number of carbonyl (C=O) groups excluding carboxylic acids is 2. The van der Waals surface area contributed by atoms with Crippen molar-refractivity contribution < 1.29 is 9.59 Å². The topological polar surface area (TPSA) is 49.4 Å². The van der Waals surface area contributed by atoms with Gasteiger partial charge in [-0.05, 0) is 43.2 Å². The maximum atomic E-state index is 13.7. The summed E-state index contributed by atoms with van der Waals surface area (Å²) in [6.07, 6.45) is 1.47. The monoisotopic (exact) mass is 542 g/mol. The van der Waals surface area contributed by atoms with Gasteiger partial charge < -0.3 is 10.2 Å². The van der Waals surface area contributed by atoms with Crippen LogP contribution in [0.2, 0.25) is 10.0 Å². The fourth-order valence-corrected chi connectivity index (χ4v) is 5.14. The van der Waals surface area contributed by atoms with Crippen molar-refractivity contribution in [2.45, 2.75) is 56.6 Å². The van der Waals surface area contributed by atoms with Crippen LogP contribution in [0.4, 0.5) is 0 Å². The van der Waals surface area contributed by atoms with E-state index in [1.54, 1.807) is 34.9 Å². The SMILES string of the molecule is CCC(C)NC(=O)C(Cc1ccccc1)N(Cc1c(Cl)cccc1Cl)C(=O)CCSc1ccccc1. The van der Waals surface area contributed by atoms with Crippen molar-refractivity contribution in [3.8, 4) is 0 Å². The summed E-state index contributed by atoms with van der Waals surface area (Å²) in [5.41, 5.74) is 1.61. The van der Waals surface area contributed by atoms with Crippen LogP contribution < -0.4 is 5.32 Å². The first-order chi connectivity index (χ1) is 17.4. The summed E-state index contributed by atoms with van der Waals surface area (Å²) in [7, 11) is 0. The van der Waals surface area contributed by atoms with Gasteiger partial charge in [0.2, 0.25) is 11.8 Å². The summed E-state index contributed by atoms with van der Waals surface area (Å²) in [6.45, 7) is 4.13. The first-order valence-corrected chi connectivity index (χ1v) is 13.9. The molecule has 190 valence electrons. The van der Waals surface area contributed by atoms with E-state index in [0.29, 0.717) is 27.8 Å². The summed E-state index contributed by atoms with van der Waals surface area (Å²) in [6, 6.07) is 24.3. The minimum absolute atomic E-state index is 0.00902. The molecule has 0 spiro atoms. The normalized spacial score (nSPS) is 12.6. The Kier molecular flexibility index (Phi) is 11.2. The molecule has 2 atom stereocenters. The molecule has 0 saturated heterocycles. The largest absolute Gasteiger partial charge is 0.352 e. The Bertz CT molecular complexity index is 1110. The fraction of sp³-hybridized carbons (Fsp3) is 0.310. The third-order valence-corrected chi connectivity index (χ3v) is 7.71. The molecule has 2 amide bonds. The molecule has 36 heavy (non-hydrogen) atoms. The van der Waals surface area contributed by atoms with E-state index in [1.165, 1.54) is 0 Å². The van der Waals surface area contributed by atoms with Crippen molar-refractivity contribution in [2.24, 2.45) is 0 Å². The van der Waals surface area contributed by atoms with Crippen molar-refractivity contribution in [3.63, 3.8) is 0 Å². The second-order valence-corrected chi connectivity index (χ2v) is 10.6. The number of benzene rings is 3. The smallest absolute Gasteiger partial charge is 0.243 e. The van der Waals surface area contributed by atoms with E-state index in [-0.39, 0.29) is 30.8 Å². The molecule has 0 fully saturated rings. The highest BCUT2D eigenvalue weighted by molar-refractivity contribution is 7.99. The van der Waals surface area contributed by atoms with E-state index >= 15 is 0 Å². The Labute approximate surface area is 228 Å². The molecule has 0 aliphatic carbocycles. The zero-order valence-electron chi connectivity index (χ0n) is 20.6. The van der Waals surface area contributed by atoms with E-state index in [0.717, 1.165) is 16.9 Å². The van der Waals surface area contributed by atoms with Crippen molar-refractivity contribution in [3.05, 3.63) is 100 Å². The number of halogens is 2. The number of thioether (sulfide) groups is 1. The van der Waals surface area contributed by atoms with Gasteiger partial charge in [0.25, 0.3) is 0 Å². The fourth-order valence-electron chi connectivity index (χ4n) is 3.77. The third-order valence-electron chi connectivity index (χ3n) is 5.99. The van der Waals surface area contributed by atoms with Crippen LogP contribution in [-0.2, 0) is 22.6 Å². The van der Waals surface area contributed by atoms with Crippen LogP contribution in [0.3, 0.4) is 0 Å². The lowest BCUT2D eigenvalue weighted by molar-refractivity contribution is -0.141. The molecule has 0 bridgehead atoms. The van der Waals surface area contributed by atoms with E-state index in [9.17, 15) is 9.59 Å². The Morgan fingerprint density at radius 2 is 1.53 bits per heavy atom. The minimum atomic E-state index is -0.706. The molecule has 4 nitrogen and oxygen atoms in total. The number of hydrogen-bond acceptors (Lipinski definition) is 3. The van der Waals surface area contributed by atoms with Crippen molar-refractivity contribution >= 4 is 46.8 Å². The van der Waals surface area contributed by atoms with Crippen LogP contribution in [0.25, 0.3) is 0 Å². The van der Waals surface area contributed by atoms with E-state index in [2.05, 4.69) is 5.32 Å². The Balaban J connectivity index is 1.91. The average Bonchev–Trinajstić information content (AvgIpc) is 2.88. The second kappa shape index (κ2) is 14.3. The Hall–Kier alpha value is -2.47. The summed E-state index contributed by atoms with van der Waals surface area (Å²) < 4.78 is 0. The lowest BCUT2D eigenvalue weighted by Gasteiger charge is -2.33. The van der Waals surface area contributed by atoms with Crippen molar-refractivity contribution in [2.75, 3.05) is 5.75 Å². The molecule has 3 aromatic carbocycles. The summed E-state index contributed by atoms with van der Waals surface area (Å²) in [5.74, 6) is 0.302. The maximum Gasteiger partial charge on any atom is 0.243 e. The van der Waals surface area contributed by atoms with Gasteiger partial charge in [-0.15, -0.1) is 11.8 Å². The van der Waals surface area contributed by atoms with Gasteiger partial charge in [0.15, 0.2) is 0 Å². The lowest BCUT2D eigenvalue weighted by Crippen LogP contribution is -2.52. The van der Waals surface area contributed by atoms with Gasteiger partial charge in [0.05, 0.1) is 0 Å². The number of amides is 2. The Morgan fingerprint density at radius 1 is 0.917 bits per heavy atom. The molecular weight excluding hydrogens is 511 g/mol. The summed E-state index contributed by atoms with van der Waals surface area (Å²) in [4.78, 5) is 30.0. The maximum absolute atomic E-state index is 13.7. The zero-order chi connectivity index (χ0) is 25.9. The molecular formula is C29H32Cl2N2O2S. The quantitative estimate of drug-likeness (QED) is 0.250. The third kappa shape index (κ3) is 8.29. The highest BCUT2D eigenvalue weighted by atomic mass is 35.5. The summed E-state index contributed by atoms with van der Waals surface area (Å²) in [5, 5.41) is 4.02. The molecule has 0 aromatic heterocycles. The van der Waals surface area contributed by atoms with Crippen LogP contribution >= 0.6 is 35.0 Å². The number of carbonyl (C=O) groups is 2. The molecule has 0 radical (unpaired) electrons. The highest BCUT2D eigenvalue weighted by Gasteiger charge is 2.31. The first-order valence-electron chi connectivity index (χ1n) is 12.1. The molecule has 0 aliphatic rings. The molecule has 2 unspecified atom stereocenters. The average molecular weight is 544 g/mol. The van der Waals surface area contributed by atoms with Crippen LogP contribution in [0.1, 0.15) is 37.8 Å². The first kappa shape index (κ1) is 28.1. The van der Waals surface area contributed by atoms with E-state index in [1.807, 2.05) is 74.5 Å². The van der Waals surface area contributed by atoms with Gasteiger partial charge in [0, 0.05) is 51.7 Å². The predicted octanol–water partition coefficient (Wildman–Crippen LogP) is 7.03. The number of hydrogen-bond donors (Lipinski definition) is 1. The van der Waals surface area contributed by atoms with Crippen LogP contribution in [0, 0.1) is 0 Å². The van der Waals surface area contributed by atoms with Crippen molar-refractivity contribution in [1.82, 2.24) is 10.2 Å². The summed E-state index contributed by atoms with van der Waals surface area (Å²) >= 11 is 14.6. The van der Waals surface area contributed by atoms with Gasteiger partial charge in [-0.3, -0.25) is 9.59 Å². The molecule has 0 heterocycles. The molecule has 1 N–H and O–H groups in total. The number of rotatable bonds is 12. The minimum Gasteiger partial charge on any atom is -0.352 e. The van der Waals surface area contributed by atoms with Gasteiger partial charge in [-0.2, -0.15) is 0 Å².